The Morgan fingerprint density at radius 3 is 2.64 bits per heavy atom. The van der Waals surface area contributed by atoms with Crippen LogP contribution in [0.2, 0.25) is 0 Å². The number of aromatic nitrogens is 3. The number of fused-ring (bicyclic) bond motifs is 1. The molecule has 1 atom stereocenters. The first kappa shape index (κ1) is 20.3. The third-order valence-corrected chi connectivity index (χ3v) is 4.98. The fraction of sp³-hybridized carbons (Fsp3) is 0.286. The van der Waals surface area contributed by atoms with Crippen molar-refractivity contribution in [3.63, 3.8) is 0 Å². The van der Waals surface area contributed by atoms with Crippen LogP contribution in [0.3, 0.4) is 0 Å². The van der Waals surface area contributed by atoms with E-state index in [1.807, 2.05) is 34.9 Å². The molecule has 3 aromatic rings. The van der Waals surface area contributed by atoms with Crippen molar-refractivity contribution in [3.05, 3.63) is 77.9 Å². The molecule has 0 radical (unpaired) electrons. The van der Waals surface area contributed by atoms with Crippen LogP contribution in [-0.2, 0) is 19.4 Å². The standard InChI is InChI=1S/C21H24N6.HI/c1-22-21(25-18-12-11-16-7-5-6-8-17(16)13-18)23-14-20-26-24-15-27(20)19-9-3-2-4-10-19;/h2-10,15,18H,11-14H2,1H3,(H2,22,23,25);1H. The molecule has 1 unspecified atom stereocenters. The van der Waals surface area contributed by atoms with E-state index in [0.717, 1.165) is 36.7 Å². The van der Waals surface area contributed by atoms with Crippen LogP contribution in [0.15, 0.2) is 65.9 Å². The molecule has 0 spiro atoms. The Kier molecular flexibility index (Phi) is 7.02. The molecular formula is C21H25IN6. The zero-order valence-electron chi connectivity index (χ0n) is 15.9. The number of nitrogens with one attached hydrogen (secondary N) is 2. The molecule has 2 N–H and O–H groups in total. The third-order valence-electron chi connectivity index (χ3n) is 4.98. The van der Waals surface area contributed by atoms with Crippen LogP contribution in [0.1, 0.15) is 23.4 Å². The van der Waals surface area contributed by atoms with Gasteiger partial charge in [0.2, 0.25) is 0 Å². The Morgan fingerprint density at radius 1 is 1.11 bits per heavy atom. The zero-order valence-corrected chi connectivity index (χ0v) is 18.2. The molecule has 6 nitrogen and oxygen atoms in total. The number of rotatable bonds is 4. The van der Waals surface area contributed by atoms with Crippen molar-refractivity contribution < 1.29 is 0 Å². The molecule has 0 bridgehead atoms. The van der Waals surface area contributed by atoms with Gasteiger partial charge in [0, 0.05) is 18.8 Å². The smallest absolute Gasteiger partial charge is 0.191 e. The molecule has 0 fully saturated rings. The number of aliphatic imine (C=N–C) groups is 1. The van der Waals surface area contributed by atoms with E-state index >= 15 is 0 Å². The second-order valence-corrected chi connectivity index (χ2v) is 6.73. The second kappa shape index (κ2) is 9.68. The number of para-hydroxylation sites is 1. The van der Waals surface area contributed by atoms with E-state index in [1.54, 1.807) is 13.4 Å². The van der Waals surface area contributed by atoms with Crippen molar-refractivity contribution in [2.45, 2.75) is 31.8 Å². The Labute approximate surface area is 182 Å². The van der Waals surface area contributed by atoms with E-state index in [1.165, 1.54) is 11.1 Å². The summed E-state index contributed by atoms with van der Waals surface area (Å²) in [6.07, 6.45) is 4.97. The Balaban J connectivity index is 0.00000225. The lowest BCUT2D eigenvalue weighted by Crippen LogP contribution is -2.45. The molecule has 1 aliphatic carbocycles. The average Bonchev–Trinajstić information content (AvgIpc) is 3.20. The van der Waals surface area contributed by atoms with Crippen LogP contribution in [0.25, 0.3) is 5.69 Å². The molecule has 0 saturated heterocycles. The SMILES string of the molecule is CN=C(NCc1nncn1-c1ccccc1)NC1CCc2ccccc2C1.I. The van der Waals surface area contributed by atoms with E-state index in [-0.39, 0.29) is 24.0 Å². The maximum absolute atomic E-state index is 4.38. The first-order valence-electron chi connectivity index (χ1n) is 9.32. The van der Waals surface area contributed by atoms with Crippen LogP contribution >= 0.6 is 24.0 Å². The minimum absolute atomic E-state index is 0. The van der Waals surface area contributed by atoms with Gasteiger partial charge >= 0.3 is 0 Å². The summed E-state index contributed by atoms with van der Waals surface area (Å²) >= 11 is 0. The molecule has 2 aromatic carbocycles. The van der Waals surface area contributed by atoms with Crippen LogP contribution in [0.5, 0.6) is 0 Å². The Hall–Kier alpha value is -2.42. The van der Waals surface area contributed by atoms with E-state index in [9.17, 15) is 0 Å². The summed E-state index contributed by atoms with van der Waals surface area (Å²) in [6, 6.07) is 19.2. The number of aryl methyl sites for hydroxylation is 1. The summed E-state index contributed by atoms with van der Waals surface area (Å²) in [4.78, 5) is 4.38. The van der Waals surface area contributed by atoms with Gasteiger partial charge in [0.1, 0.15) is 6.33 Å². The van der Waals surface area contributed by atoms with Gasteiger partial charge < -0.3 is 10.6 Å². The summed E-state index contributed by atoms with van der Waals surface area (Å²) in [5, 5.41) is 15.2. The number of guanidine groups is 1. The van der Waals surface area contributed by atoms with Crippen LogP contribution in [0.4, 0.5) is 0 Å². The van der Waals surface area contributed by atoms with E-state index in [0.29, 0.717) is 12.6 Å². The predicted molar refractivity (Wildman–Crippen MR) is 122 cm³/mol. The first-order chi connectivity index (χ1) is 13.3. The molecule has 7 heteroatoms. The molecule has 28 heavy (non-hydrogen) atoms. The first-order valence-corrected chi connectivity index (χ1v) is 9.32. The van der Waals surface area contributed by atoms with Gasteiger partial charge in [-0.3, -0.25) is 9.56 Å². The van der Waals surface area contributed by atoms with E-state index in [2.05, 4.69) is 50.1 Å². The third kappa shape index (κ3) is 4.70. The summed E-state index contributed by atoms with van der Waals surface area (Å²) in [5.74, 6) is 1.64. The van der Waals surface area contributed by atoms with Crippen molar-refractivity contribution >= 4 is 29.9 Å². The summed E-state index contributed by atoms with van der Waals surface area (Å²) in [7, 11) is 1.80. The number of hydrogen-bond acceptors (Lipinski definition) is 3. The molecular weight excluding hydrogens is 463 g/mol. The maximum Gasteiger partial charge on any atom is 0.191 e. The number of hydrogen-bond donors (Lipinski definition) is 2. The van der Waals surface area contributed by atoms with E-state index in [4.69, 9.17) is 0 Å². The summed E-state index contributed by atoms with van der Waals surface area (Å²) in [6.45, 7) is 0.553. The Morgan fingerprint density at radius 2 is 1.86 bits per heavy atom. The Bertz CT molecular complexity index is 921. The second-order valence-electron chi connectivity index (χ2n) is 6.73. The lowest BCUT2D eigenvalue weighted by Gasteiger charge is -2.27. The number of halogens is 1. The fourth-order valence-corrected chi connectivity index (χ4v) is 3.56. The van der Waals surface area contributed by atoms with Crippen molar-refractivity contribution in [3.8, 4) is 5.69 Å². The topological polar surface area (TPSA) is 67.1 Å². The monoisotopic (exact) mass is 488 g/mol. The molecule has 4 rings (SSSR count). The van der Waals surface area contributed by atoms with Crippen LogP contribution in [-0.4, -0.2) is 33.8 Å². The van der Waals surface area contributed by atoms with Gasteiger partial charge in [-0.15, -0.1) is 34.2 Å². The van der Waals surface area contributed by atoms with Crippen LogP contribution < -0.4 is 10.6 Å². The van der Waals surface area contributed by atoms with Crippen molar-refractivity contribution in [2.75, 3.05) is 7.05 Å². The average molecular weight is 488 g/mol. The van der Waals surface area contributed by atoms with Gasteiger partial charge in [-0.25, -0.2) is 0 Å². The highest BCUT2D eigenvalue weighted by atomic mass is 127. The lowest BCUT2D eigenvalue weighted by atomic mass is 9.88. The molecule has 0 aliphatic heterocycles. The molecule has 0 saturated carbocycles. The van der Waals surface area contributed by atoms with Crippen LogP contribution in [0, 0.1) is 0 Å². The predicted octanol–water partition coefficient (Wildman–Crippen LogP) is 3.11. The van der Waals surface area contributed by atoms with Gasteiger partial charge in [-0.1, -0.05) is 42.5 Å². The maximum atomic E-state index is 4.38. The van der Waals surface area contributed by atoms with E-state index < -0.39 is 0 Å². The number of nitrogens with zero attached hydrogens (tertiary/aromatic N) is 4. The summed E-state index contributed by atoms with van der Waals surface area (Å²) < 4.78 is 1.98. The van der Waals surface area contributed by atoms with Gasteiger partial charge in [0.25, 0.3) is 0 Å². The van der Waals surface area contributed by atoms with Crippen molar-refractivity contribution in [1.29, 1.82) is 0 Å². The van der Waals surface area contributed by atoms with Gasteiger partial charge in [0.15, 0.2) is 11.8 Å². The molecule has 0 amide bonds. The molecule has 146 valence electrons. The van der Waals surface area contributed by atoms with Gasteiger partial charge in [-0.2, -0.15) is 0 Å². The highest BCUT2D eigenvalue weighted by molar-refractivity contribution is 14.0. The quantitative estimate of drug-likeness (QED) is 0.337. The van der Waals surface area contributed by atoms with Gasteiger partial charge in [0.05, 0.1) is 6.54 Å². The number of benzene rings is 2. The minimum Gasteiger partial charge on any atom is -0.353 e. The van der Waals surface area contributed by atoms with Crippen molar-refractivity contribution in [1.82, 2.24) is 25.4 Å². The normalized spacial score (nSPS) is 16.0. The lowest BCUT2D eigenvalue weighted by molar-refractivity contribution is 0.520. The van der Waals surface area contributed by atoms with Gasteiger partial charge in [-0.05, 0) is 42.5 Å². The van der Waals surface area contributed by atoms with Crippen molar-refractivity contribution in [2.24, 2.45) is 4.99 Å². The molecule has 1 aromatic heterocycles. The zero-order chi connectivity index (χ0) is 18.5. The molecule has 1 aliphatic rings. The highest BCUT2D eigenvalue weighted by Gasteiger charge is 2.19. The minimum atomic E-state index is 0. The fourth-order valence-electron chi connectivity index (χ4n) is 3.56. The molecule has 1 heterocycles. The largest absolute Gasteiger partial charge is 0.353 e. The summed E-state index contributed by atoms with van der Waals surface area (Å²) in [5.41, 5.74) is 3.95. The highest BCUT2D eigenvalue weighted by Crippen LogP contribution is 2.20.